The van der Waals surface area contributed by atoms with Crippen LogP contribution >= 0.6 is 0 Å². The summed E-state index contributed by atoms with van der Waals surface area (Å²) in [6, 6.07) is 19.7. The SMILES string of the molecule is Cc1ccc(NC(=O)C(C)OC(=O)c2ccc(N3C(=O)c4ccccc4C3=O)cc2)cc1. The molecule has 1 heterocycles. The number of hydrogen-bond donors (Lipinski definition) is 1. The first-order valence-electron chi connectivity index (χ1n) is 10.0. The number of nitrogens with one attached hydrogen (secondary N) is 1. The van der Waals surface area contributed by atoms with E-state index in [-0.39, 0.29) is 5.56 Å². The van der Waals surface area contributed by atoms with Gasteiger partial charge in [0.15, 0.2) is 6.10 Å². The normalized spacial score (nSPS) is 13.5. The van der Waals surface area contributed by atoms with E-state index < -0.39 is 29.8 Å². The zero-order chi connectivity index (χ0) is 22.8. The molecule has 1 N–H and O–H groups in total. The topological polar surface area (TPSA) is 92.8 Å². The van der Waals surface area contributed by atoms with E-state index in [0.29, 0.717) is 22.5 Å². The average molecular weight is 428 g/mol. The van der Waals surface area contributed by atoms with Gasteiger partial charge in [-0.05, 0) is 62.4 Å². The molecule has 4 rings (SSSR count). The van der Waals surface area contributed by atoms with Crippen molar-refractivity contribution in [2.24, 2.45) is 0 Å². The molecule has 1 aliphatic rings. The monoisotopic (exact) mass is 428 g/mol. The highest BCUT2D eigenvalue weighted by atomic mass is 16.5. The van der Waals surface area contributed by atoms with Crippen molar-refractivity contribution in [2.45, 2.75) is 20.0 Å². The van der Waals surface area contributed by atoms with Crippen LogP contribution in [0.25, 0.3) is 0 Å². The molecule has 1 unspecified atom stereocenters. The highest BCUT2D eigenvalue weighted by molar-refractivity contribution is 6.34. The third-order valence-electron chi connectivity index (χ3n) is 5.13. The number of hydrogen-bond acceptors (Lipinski definition) is 5. The molecule has 0 bridgehead atoms. The molecule has 0 aromatic heterocycles. The molecule has 0 saturated heterocycles. The van der Waals surface area contributed by atoms with Gasteiger partial charge in [0.25, 0.3) is 17.7 Å². The number of nitrogens with zero attached hydrogens (tertiary/aromatic N) is 1. The van der Waals surface area contributed by atoms with Crippen molar-refractivity contribution in [3.63, 3.8) is 0 Å². The number of ether oxygens (including phenoxy) is 1. The molecule has 0 radical (unpaired) electrons. The van der Waals surface area contributed by atoms with Gasteiger partial charge in [-0.15, -0.1) is 0 Å². The molecular formula is C25H20N2O5. The Hall–Kier alpha value is -4.26. The molecule has 1 atom stereocenters. The Morgan fingerprint density at radius 3 is 1.97 bits per heavy atom. The van der Waals surface area contributed by atoms with Crippen molar-refractivity contribution in [1.29, 1.82) is 0 Å². The first-order valence-corrected chi connectivity index (χ1v) is 10.0. The van der Waals surface area contributed by atoms with Gasteiger partial charge in [-0.3, -0.25) is 14.4 Å². The Kier molecular flexibility index (Phi) is 5.55. The predicted molar refractivity (Wildman–Crippen MR) is 119 cm³/mol. The molecular weight excluding hydrogens is 408 g/mol. The minimum absolute atomic E-state index is 0.195. The number of amides is 3. The van der Waals surface area contributed by atoms with E-state index in [1.807, 2.05) is 19.1 Å². The molecule has 0 aliphatic carbocycles. The van der Waals surface area contributed by atoms with Gasteiger partial charge in [0.2, 0.25) is 0 Å². The van der Waals surface area contributed by atoms with E-state index >= 15 is 0 Å². The van der Waals surface area contributed by atoms with Crippen LogP contribution in [0.3, 0.4) is 0 Å². The second kappa shape index (κ2) is 8.47. The summed E-state index contributed by atoms with van der Waals surface area (Å²) >= 11 is 0. The summed E-state index contributed by atoms with van der Waals surface area (Å²) in [5.74, 6) is -1.97. The van der Waals surface area contributed by atoms with Gasteiger partial charge in [0, 0.05) is 5.69 Å². The summed E-state index contributed by atoms with van der Waals surface area (Å²) < 4.78 is 5.25. The third kappa shape index (κ3) is 4.00. The van der Waals surface area contributed by atoms with Gasteiger partial charge in [-0.25, -0.2) is 9.69 Å². The number of carbonyl (C=O) groups is 4. The Morgan fingerprint density at radius 2 is 1.41 bits per heavy atom. The summed E-state index contributed by atoms with van der Waals surface area (Å²) in [6.45, 7) is 3.42. The minimum Gasteiger partial charge on any atom is -0.449 e. The molecule has 1 aliphatic heterocycles. The second-order valence-electron chi connectivity index (χ2n) is 7.44. The van der Waals surface area contributed by atoms with Crippen LogP contribution in [0.1, 0.15) is 43.6 Å². The van der Waals surface area contributed by atoms with Gasteiger partial charge < -0.3 is 10.1 Å². The number of aryl methyl sites for hydroxylation is 1. The van der Waals surface area contributed by atoms with Crippen LogP contribution < -0.4 is 10.2 Å². The first kappa shape index (κ1) is 21.0. The number of esters is 1. The number of imide groups is 1. The van der Waals surface area contributed by atoms with Gasteiger partial charge >= 0.3 is 5.97 Å². The highest BCUT2D eigenvalue weighted by Gasteiger charge is 2.36. The summed E-state index contributed by atoms with van der Waals surface area (Å²) in [7, 11) is 0. The van der Waals surface area contributed by atoms with Gasteiger partial charge in [0.05, 0.1) is 22.4 Å². The molecule has 0 saturated carbocycles. The van der Waals surface area contributed by atoms with Crippen LogP contribution in [-0.4, -0.2) is 29.8 Å². The van der Waals surface area contributed by atoms with Crippen molar-refractivity contribution in [3.8, 4) is 0 Å². The minimum atomic E-state index is -1.01. The van der Waals surface area contributed by atoms with Crippen molar-refractivity contribution in [1.82, 2.24) is 0 Å². The zero-order valence-corrected chi connectivity index (χ0v) is 17.5. The average Bonchev–Trinajstić information content (AvgIpc) is 3.05. The standard InChI is InChI=1S/C25H20N2O5/c1-15-7-11-18(12-8-15)26-22(28)16(2)32-25(31)17-9-13-19(14-10-17)27-23(29)20-5-3-4-6-21(20)24(27)30/h3-14,16H,1-2H3,(H,26,28). The number of carbonyl (C=O) groups excluding carboxylic acids is 4. The maximum Gasteiger partial charge on any atom is 0.338 e. The van der Waals surface area contributed by atoms with Crippen LogP contribution in [-0.2, 0) is 9.53 Å². The lowest BCUT2D eigenvalue weighted by atomic mass is 10.1. The molecule has 160 valence electrons. The van der Waals surface area contributed by atoms with Crippen molar-refractivity contribution in [2.75, 3.05) is 10.2 Å². The first-order chi connectivity index (χ1) is 15.3. The van der Waals surface area contributed by atoms with Crippen molar-refractivity contribution >= 4 is 35.1 Å². The van der Waals surface area contributed by atoms with Crippen molar-refractivity contribution in [3.05, 3.63) is 95.1 Å². The fourth-order valence-corrected chi connectivity index (χ4v) is 3.33. The third-order valence-corrected chi connectivity index (χ3v) is 5.13. The zero-order valence-electron chi connectivity index (χ0n) is 17.5. The van der Waals surface area contributed by atoms with Crippen LogP contribution in [0.15, 0.2) is 72.8 Å². The van der Waals surface area contributed by atoms with E-state index in [1.165, 1.54) is 31.2 Å². The van der Waals surface area contributed by atoms with Crippen molar-refractivity contribution < 1.29 is 23.9 Å². The molecule has 32 heavy (non-hydrogen) atoms. The summed E-state index contributed by atoms with van der Waals surface area (Å²) in [4.78, 5) is 51.0. The second-order valence-corrected chi connectivity index (χ2v) is 7.44. The molecule has 3 amide bonds. The summed E-state index contributed by atoms with van der Waals surface area (Å²) in [6.07, 6.45) is -1.01. The van der Waals surface area contributed by atoms with E-state index in [9.17, 15) is 19.2 Å². The Balaban J connectivity index is 1.41. The van der Waals surface area contributed by atoms with Gasteiger partial charge in [-0.1, -0.05) is 29.8 Å². The predicted octanol–water partition coefficient (Wildman–Crippen LogP) is 3.98. The lowest BCUT2D eigenvalue weighted by Crippen LogP contribution is -2.30. The maximum absolute atomic E-state index is 12.6. The highest BCUT2D eigenvalue weighted by Crippen LogP contribution is 2.28. The van der Waals surface area contributed by atoms with Crippen LogP contribution in [0.5, 0.6) is 0 Å². The molecule has 3 aromatic carbocycles. The number of rotatable bonds is 5. The quantitative estimate of drug-likeness (QED) is 0.490. The lowest BCUT2D eigenvalue weighted by molar-refractivity contribution is -0.123. The summed E-state index contributed by atoms with van der Waals surface area (Å²) in [5, 5.41) is 2.69. The molecule has 0 fully saturated rings. The van der Waals surface area contributed by atoms with E-state index in [0.717, 1.165) is 10.5 Å². The van der Waals surface area contributed by atoms with Gasteiger partial charge in [0.1, 0.15) is 0 Å². The Bertz CT molecular complexity index is 1180. The molecule has 7 nitrogen and oxygen atoms in total. The van der Waals surface area contributed by atoms with Gasteiger partial charge in [-0.2, -0.15) is 0 Å². The fraction of sp³-hybridized carbons (Fsp3) is 0.120. The fourth-order valence-electron chi connectivity index (χ4n) is 3.33. The Morgan fingerprint density at radius 1 is 0.844 bits per heavy atom. The number of anilines is 2. The number of fused-ring (bicyclic) bond motifs is 1. The van der Waals surface area contributed by atoms with Crippen LogP contribution in [0.4, 0.5) is 11.4 Å². The molecule has 3 aromatic rings. The van der Waals surface area contributed by atoms with Crippen LogP contribution in [0.2, 0.25) is 0 Å². The Labute approximate surface area is 184 Å². The van der Waals surface area contributed by atoms with Crippen LogP contribution in [0, 0.1) is 6.92 Å². The smallest absolute Gasteiger partial charge is 0.338 e. The molecule has 0 spiro atoms. The summed E-state index contributed by atoms with van der Waals surface area (Å²) in [5.41, 5.74) is 2.89. The van der Waals surface area contributed by atoms with E-state index in [1.54, 1.807) is 36.4 Å². The van der Waals surface area contributed by atoms with E-state index in [4.69, 9.17) is 4.74 Å². The van der Waals surface area contributed by atoms with E-state index in [2.05, 4.69) is 5.32 Å². The molecule has 7 heteroatoms. The largest absolute Gasteiger partial charge is 0.449 e. The maximum atomic E-state index is 12.6. The lowest BCUT2D eigenvalue weighted by Gasteiger charge is -2.15. The number of benzene rings is 3.